The van der Waals surface area contributed by atoms with Crippen LogP contribution in [0, 0.1) is 0 Å². The second kappa shape index (κ2) is 5.81. The second-order valence-electron chi connectivity index (χ2n) is 5.18. The number of benzene rings is 1. The molecule has 0 aliphatic heterocycles. The Labute approximate surface area is 137 Å². The Bertz CT molecular complexity index is 899. The van der Waals surface area contributed by atoms with Crippen LogP contribution in [0.15, 0.2) is 59.1 Å². The lowest BCUT2D eigenvalue weighted by Gasteiger charge is -2.08. The summed E-state index contributed by atoms with van der Waals surface area (Å²) >= 11 is 1.48. The number of hydrogen-bond acceptors (Lipinski definition) is 6. The molecule has 1 aromatic carbocycles. The van der Waals surface area contributed by atoms with E-state index in [-0.39, 0.29) is 6.04 Å². The minimum absolute atomic E-state index is 0.00642. The Morgan fingerprint density at radius 2 is 1.96 bits per heavy atom. The number of rotatable bonds is 4. The van der Waals surface area contributed by atoms with E-state index >= 15 is 0 Å². The molecule has 23 heavy (non-hydrogen) atoms. The molecule has 0 saturated heterocycles. The van der Waals surface area contributed by atoms with Gasteiger partial charge in [-0.05, 0) is 31.2 Å². The minimum Gasteiger partial charge on any atom is -0.459 e. The molecule has 6 heteroatoms. The van der Waals surface area contributed by atoms with Crippen molar-refractivity contribution < 1.29 is 4.42 Å². The van der Waals surface area contributed by atoms with Gasteiger partial charge in [0.05, 0.1) is 6.04 Å². The lowest BCUT2D eigenvalue weighted by Crippen LogP contribution is -2.04. The van der Waals surface area contributed by atoms with Crippen LogP contribution >= 0.6 is 11.3 Å². The number of para-hydroxylation sites is 1. The first-order chi connectivity index (χ1) is 11.3. The third-order valence-electron chi connectivity index (χ3n) is 3.52. The topological polar surface area (TPSA) is 63.8 Å². The molecule has 5 nitrogen and oxygen atoms in total. The minimum atomic E-state index is 0.00642. The molecule has 0 bridgehead atoms. The van der Waals surface area contributed by atoms with Crippen molar-refractivity contribution >= 4 is 27.4 Å². The van der Waals surface area contributed by atoms with Crippen molar-refractivity contribution in [3.05, 3.63) is 60.5 Å². The summed E-state index contributed by atoms with van der Waals surface area (Å²) in [5.41, 5.74) is 1.72. The molecule has 0 saturated carbocycles. The number of nitrogens with zero attached hydrogens (tertiary/aromatic N) is 3. The van der Waals surface area contributed by atoms with E-state index in [1.54, 1.807) is 6.20 Å². The molecular formula is C17H14N4OS. The predicted octanol–water partition coefficient (Wildman–Crippen LogP) is 4.52. The molecule has 0 aliphatic carbocycles. The van der Waals surface area contributed by atoms with Crippen LogP contribution in [0.5, 0.6) is 0 Å². The summed E-state index contributed by atoms with van der Waals surface area (Å²) in [7, 11) is 0. The van der Waals surface area contributed by atoms with Gasteiger partial charge in [0.1, 0.15) is 17.0 Å². The van der Waals surface area contributed by atoms with Crippen molar-refractivity contribution in [1.29, 1.82) is 0 Å². The fourth-order valence-corrected chi connectivity index (χ4v) is 3.15. The van der Waals surface area contributed by atoms with Crippen LogP contribution in [-0.2, 0) is 0 Å². The van der Waals surface area contributed by atoms with Gasteiger partial charge in [-0.25, -0.2) is 0 Å². The zero-order valence-corrected chi connectivity index (χ0v) is 13.2. The number of hydrogen-bond donors (Lipinski definition) is 1. The van der Waals surface area contributed by atoms with Crippen LogP contribution in [0.4, 0.5) is 5.13 Å². The fraction of sp³-hybridized carbons (Fsp3) is 0.118. The van der Waals surface area contributed by atoms with Crippen LogP contribution < -0.4 is 5.32 Å². The highest BCUT2D eigenvalue weighted by molar-refractivity contribution is 7.18. The largest absolute Gasteiger partial charge is 0.459 e. The highest BCUT2D eigenvalue weighted by Gasteiger charge is 2.14. The molecule has 0 spiro atoms. The van der Waals surface area contributed by atoms with Gasteiger partial charge in [0.2, 0.25) is 5.13 Å². The molecule has 0 fully saturated rings. The van der Waals surface area contributed by atoms with Crippen LogP contribution in [0.3, 0.4) is 0 Å². The smallest absolute Gasteiger partial charge is 0.206 e. The van der Waals surface area contributed by atoms with Crippen LogP contribution in [0.25, 0.3) is 21.7 Å². The second-order valence-corrected chi connectivity index (χ2v) is 6.16. The van der Waals surface area contributed by atoms with E-state index in [0.717, 1.165) is 32.6 Å². The van der Waals surface area contributed by atoms with Gasteiger partial charge in [0.15, 0.2) is 5.01 Å². The van der Waals surface area contributed by atoms with Crippen molar-refractivity contribution in [3.8, 4) is 10.7 Å². The average Bonchev–Trinajstić information content (AvgIpc) is 3.22. The van der Waals surface area contributed by atoms with E-state index in [1.807, 2.05) is 55.5 Å². The maximum absolute atomic E-state index is 5.88. The highest BCUT2D eigenvalue weighted by atomic mass is 32.1. The van der Waals surface area contributed by atoms with Crippen molar-refractivity contribution in [1.82, 2.24) is 15.2 Å². The summed E-state index contributed by atoms with van der Waals surface area (Å²) in [6, 6.07) is 15.8. The Kier molecular flexibility index (Phi) is 3.51. The van der Waals surface area contributed by atoms with Crippen molar-refractivity contribution in [2.24, 2.45) is 0 Å². The van der Waals surface area contributed by atoms with E-state index in [2.05, 4.69) is 20.5 Å². The maximum Gasteiger partial charge on any atom is 0.206 e. The van der Waals surface area contributed by atoms with Crippen LogP contribution in [-0.4, -0.2) is 15.2 Å². The number of furan rings is 1. The summed E-state index contributed by atoms with van der Waals surface area (Å²) in [6.45, 7) is 2.04. The number of aromatic nitrogens is 3. The quantitative estimate of drug-likeness (QED) is 0.598. The lowest BCUT2D eigenvalue weighted by atomic mass is 10.2. The van der Waals surface area contributed by atoms with Crippen LogP contribution in [0.2, 0.25) is 0 Å². The van der Waals surface area contributed by atoms with Crippen molar-refractivity contribution in [2.75, 3.05) is 5.32 Å². The third kappa shape index (κ3) is 2.80. The molecule has 0 radical (unpaired) electrons. The molecule has 4 rings (SSSR count). The monoisotopic (exact) mass is 322 g/mol. The number of anilines is 1. The summed E-state index contributed by atoms with van der Waals surface area (Å²) in [4.78, 5) is 4.29. The first-order valence-corrected chi connectivity index (χ1v) is 8.11. The fourth-order valence-electron chi connectivity index (χ4n) is 2.35. The van der Waals surface area contributed by atoms with E-state index in [0.29, 0.717) is 0 Å². The van der Waals surface area contributed by atoms with E-state index in [4.69, 9.17) is 4.42 Å². The zero-order chi connectivity index (χ0) is 15.6. The molecule has 0 aliphatic rings. The summed E-state index contributed by atoms with van der Waals surface area (Å²) in [6.07, 6.45) is 1.75. The molecule has 4 aromatic rings. The first kappa shape index (κ1) is 13.9. The number of pyridine rings is 1. The maximum atomic E-state index is 5.88. The van der Waals surface area contributed by atoms with E-state index in [1.165, 1.54) is 11.3 Å². The molecule has 3 heterocycles. The van der Waals surface area contributed by atoms with Crippen molar-refractivity contribution in [3.63, 3.8) is 0 Å². The third-order valence-corrected chi connectivity index (χ3v) is 4.40. The molecular weight excluding hydrogens is 308 g/mol. The Balaban J connectivity index is 1.54. The molecule has 0 amide bonds. The van der Waals surface area contributed by atoms with Gasteiger partial charge in [-0.2, -0.15) is 0 Å². The Hall–Kier alpha value is -2.73. The summed E-state index contributed by atoms with van der Waals surface area (Å²) < 4.78 is 5.88. The van der Waals surface area contributed by atoms with Gasteiger partial charge in [0.25, 0.3) is 0 Å². The standard InChI is InChI=1S/C17H14N4OS/c1-11(15-10-12-6-2-3-8-14(12)22-15)19-17-21-20-16(23-17)13-7-4-5-9-18-13/h2-11H,1H3,(H,19,21). The van der Waals surface area contributed by atoms with E-state index in [9.17, 15) is 0 Å². The van der Waals surface area contributed by atoms with Gasteiger partial charge in [-0.15, -0.1) is 10.2 Å². The van der Waals surface area contributed by atoms with Gasteiger partial charge in [0, 0.05) is 11.6 Å². The Morgan fingerprint density at radius 3 is 2.78 bits per heavy atom. The summed E-state index contributed by atoms with van der Waals surface area (Å²) in [5.74, 6) is 0.876. The highest BCUT2D eigenvalue weighted by Crippen LogP contribution is 2.29. The van der Waals surface area contributed by atoms with Gasteiger partial charge in [-0.1, -0.05) is 35.6 Å². The molecule has 1 unspecified atom stereocenters. The predicted molar refractivity (Wildman–Crippen MR) is 91.4 cm³/mol. The zero-order valence-electron chi connectivity index (χ0n) is 12.4. The SMILES string of the molecule is CC(Nc1nnc(-c2ccccn2)s1)c1cc2ccccc2o1. The summed E-state index contributed by atoms with van der Waals surface area (Å²) in [5, 5.41) is 14.4. The van der Waals surface area contributed by atoms with Gasteiger partial charge < -0.3 is 9.73 Å². The Morgan fingerprint density at radius 1 is 1.09 bits per heavy atom. The number of nitrogens with one attached hydrogen (secondary N) is 1. The molecule has 1 N–H and O–H groups in total. The van der Waals surface area contributed by atoms with Gasteiger partial charge in [-0.3, -0.25) is 4.98 Å². The first-order valence-electron chi connectivity index (χ1n) is 7.29. The molecule has 1 atom stereocenters. The number of fused-ring (bicyclic) bond motifs is 1. The molecule has 114 valence electrons. The van der Waals surface area contributed by atoms with Crippen molar-refractivity contribution in [2.45, 2.75) is 13.0 Å². The van der Waals surface area contributed by atoms with Crippen LogP contribution in [0.1, 0.15) is 18.7 Å². The lowest BCUT2D eigenvalue weighted by molar-refractivity contribution is 0.526. The average molecular weight is 322 g/mol. The van der Waals surface area contributed by atoms with E-state index < -0.39 is 0 Å². The molecule has 3 aromatic heterocycles. The normalized spacial score (nSPS) is 12.4. The van der Waals surface area contributed by atoms with Gasteiger partial charge >= 0.3 is 0 Å².